The van der Waals surface area contributed by atoms with Gasteiger partial charge < -0.3 is 9.13 Å². The molecule has 0 saturated carbocycles. The van der Waals surface area contributed by atoms with E-state index in [-0.39, 0.29) is 0 Å². The summed E-state index contributed by atoms with van der Waals surface area (Å²) in [5, 5.41) is 5.54. The van der Waals surface area contributed by atoms with Gasteiger partial charge in [0.2, 0.25) is 0 Å². The molecule has 0 fully saturated rings. The number of aryl methyl sites for hydroxylation is 4. The van der Waals surface area contributed by atoms with Crippen LogP contribution in [-0.2, 0) is 14.1 Å². The maximum atomic E-state index is 2.47. The van der Waals surface area contributed by atoms with Gasteiger partial charge in [-0.1, -0.05) is 24.3 Å². The summed E-state index contributed by atoms with van der Waals surface area (Å²) in [4.78, 5) is 0. The summed E-state index contributed by atoms with van der Waals surface area (Å²) in [6.45, 7) is 4.37. The molecule has 0 radical (unpaired) electrons. The molecular formula is C30H20N2S4. The number of benzene rings is 3. The van der Waals surface area contributed by atoms with Crippen LogP contribution in [0.5, 0.6) is 0 Å². The minimum absolute atomic E-state index is 1.33. The van der Waals surface area contributed by atoms with Crippen molar-refractivity contribution in [1.29, 1.82) is 0 Å². The third kappa shape index (κ3) is 2.28. The molecule has 0 N–H and O–H groups in total. The number of rotatable bonds is 0. The van der Waals surface area contributed by atoms with Gasteiger partial charge in [-0.25, -0.2) is 0 Å². The van der Waals surface area contributed by atoms with E-state index in [4.69, 9.17) is 0 Å². The normalized spacial score (nSPS) is 13.0. The molecule has 6 aromatic heterocycles. The Labute approximate surface area is 222 Å². The molecule has 0 aliphatic carbocycles. The Hall–Kier alpha value is -2.90. The lowest BCUT2D eigenvalue weighted by atomic mass is 10.2. The third-order valence-corrected chi connectivity index (χ3v) is 12.7. The van der Waals surface area contributed by atoms with Gasteiger partial charge in [0.15, 0.2) is 0 Å². The van der Waals surface area contributed by atoms with Crippen molar-refractivity contribution in [1.82, 2.24) is 9.13 Å². The van der Waals surface area contributed by atoms with Crippen molar-refractivity contribution < 1.29 is 0 Å². The smallest absolute Gasteiger partial charge is 0.0714 e. The molecule has 6 heterocycles. The Morgan fingerprint density at radius 3 is 1.17 bits per heavy atom. The Morgan fingerprint density at radius 2 is 0.778 bits per heavy atom. The fourth-order valence-electron chi connectivity index (χ4n) is 6.21. The minimum Gasteiger partial charge on any atom is -0.341 e. The van der Waals surface area contributed by atoms with E-state index in [1.807, 2.05) is 45.3 Å². The molecular weight excluding hydrogens is 517 g/mol. The highest BCUT2D eigenvalue weighted by Gasteiger charge is 2.23. The first kappa shape index (κ1) is 20.2. The predicted octanol–water partition coefficient (Wildman–Crippen LogP) is 10.5. The second-order valence-corrected chi connectivity index (χ2v) is 14.3. The number of hydrogen-bond acceptors (Lipinski definition) is 4. The predicted molar refractivity (Wildman–Crippen MR) is 165 cm³/mol. The largest absolute Gasteiger partial charge is 0.341 e. The second kappa shape index (κ2) is 6.50. The molecule has 9 aromatic rings. The fourth-order valence-corrected chi connectivity index (χ4v) is 11.6. The summed E-state index contributed by atoms with van der Waals surface area (Å²) in [6, 6.07) is 18.7. The average Bonchev–Trinajstić information content (AvgIpc) is 3.64. The summed E-state index contributed by atoms with van der Waals surface area (Å²) in [6.07, 6.45) is 0. The van der Waals surface area contributed by atoms with E-state index in [1.54, 1.807) is 0 Å². The standard InChI is InChI=1S/C30H20N2S4/c1-13-5-7-15-19(9-13)33-27-23(15)31(3)25-17-11-22-18(12-21(17)35-29(25)27)26-30(36-22)28-24(32(26)4)16-8-6-14(2)10-20(16)34-28/h5-12H,1-4H3. The molecule has 0 aliphatic rings. The van der Waals surface area contributed by atoms with Crippen LogP contribution in [-0.4, -0.2) is 9.13 Å². The van der Waals surface area contributed by atoms with Crippen molar-refractivity contribution in [3.63, 3.8) is 0 Å². The zero-order chi connectivity index (χ0) is 24.0. The van der Waals surface area contributed by atoms with Gasteiger partial charge in [-0.05, 0) is 49.2 Å². The summed E-state index contributed by atoms with van der Waals surface area (Å²) in [7, 11) is 4.50. The van der Waals surface area contributed by atoms with Gasteiger partial charge in [0.05, 0.1) is 40.9 Å². The quantitative estimate of drug-likeness (QED) is 0.182. The average molecular weight is 537 g/mol. The molecule has 0 amide bonds. The number of thiophene rings is 4. The van der Waals surface area contributed by atoms with E-state index in [1.165, 1.54) is 92.3 Å². The van der Waals surface area contributed by atoms with Crippen LogP contribution in [0, 0.1) is 13.8 Å². The van der Waals surface area contributed by atoms with Gasteiger partial charge in [-0.2, -0.15) is 0 Å². The highest BCUT2D eigenvalue weighted by atomic mass is 32.1. The van der Waals surface area contributed by atoms with Gasteiger partial charge in [0, 0.05) is 54.4 Å². The first-order chi connectivity index (χ1) is 17.5. The van der Waals surface area contributed by atoms with Crippen LogP contribution in [0.25, 0.3) is 81.2 Å². The van der Waals surface area contributed by atoms with Crippen molar-refractivity contribution in [3.05, 3.63) is 59.7 Å². The fraction of sp³-hybridized carbons (Fsp3) is 0.133. The zero-order valence-corrected chi connectivity index (χ0v) is 23.4. The number of hydrogen-bond donors (Lipinski definition) is 0. The Balaban J connectivity index is 1.40. The maximum Gasteiger partial charge on any atom is 0.0714 e. The molecule has 0 saturated heterocycles. The molecule has 3 aromatic carbocycles. The molecule has 6 heteroatoms. The van der Waals surface area contributed by atoms with E-state index >= 15 is 0 Å². The lowest BCUT2D eigenvalue weighted by Gasteiger charge is -2.01. The van der Waals surface area contributed by atoms with Crippen molar-refractivity contribution >= 4 is 127 Å². The van der Waals surface area contributed by atoms with Crippen LogP contribution >= 0.6 is 45.3 Å². The molecule has 9 rings (SSSR count). The van der Waals surface area contributed by atoms with Crippen molar-refractivity contribution in [2.45, 2.75) is 13.8 Å². The molecule has 174 valence electrons. The van der Waals surface area contributed by atoms with Crippen LogP contribution in [0.15, 0.2) is 48.5 Å². The van der Waals surface area contributed by atoms with Crippen molar-refractivity contribution in [3.8, 4) is 0 Å². The SMILES string of the molecule is Cc1ccc2c(c1)sc1c3sc4cc5c(cc4c3n(C)c21)sc1c2sc3cc(C)ccc3c2n(C)c51. The number of nitrogens with zero attached hydrogens (tertiary/aromatic N) is 2. The lowest BCUT2D eigenvalue weighted by molar-refractivity contribution is 1.02. The summed E-state index contributed by atoms with van der Waals surface area (Å²) in [5.74, 6) is 0. The summed E-state index contributed by atoms with van der Waals surface area (Å²) < 4.78 is 16.2. The topological polar surface area (TPSA) is 9.86 Å². The second-order valence-electron chi connectivity index (χ2n) is 10.1. The van der Waals surface area contributed by atoms with Gasteiger partial charge in [0.1, 0.15) is 0 Å². The molecule has 2 nitrogen and oxygen atoms in total. The van der Waals surface area contributed by atoms with E-state index in [0.717, 1.165) is 0 Å². The van der Waals surface area contributed by atoms with Crippen LogP contribution in [0.4, 0.5) is 0 Å². The van der Waals surface area contributed by atoms with Crippen molar-refractivity contribution in [2.24, 2.45) is 14.1 Å². The van der Waals surface area contributed by atoms with Gasteiger partial charge in [0.25, 0.3) is 0 Å². The van der Waals surface area contributed by atoms with E-state index < -0.39 is 0 Å². The molecule has 0 bridgehead atoms. The van der Waals surface area contributed by atoms with Crippen LogP contribution in [0.3, 0.4) is 0 Å². The van der Waals surface area contributed by atoms with Crippen molar-refractivity contribution in [2.75, 3.05) is 0 Å². The van der Waals surface area contributed by atoms with E-state index in [2.05, 4.69) is 85.6 Å². The van der Waals surface area contributed by atoms with Crippen LogP contribution in [0.1, 0.15) is 11.1 Å². The third-order valence-electron chi connectivity index (χ3n) is 7.84. The summed E-state index contributed by atoms with van der Waals surface area (Å²) >= 11 is 7.83. The molecule has 36 heavy (non-hydrogen) atoms. The highest BCUT2D eigenvalue weighted by molar-refractivity contribution is 7.35. The first-order valence-electron chi connectivity index (χ1n) is 12.1. The number of fused-ring (bicyclic) bond motifs is 14. The van der Waals surface area contributed by atoms with Gasteiger partial charge in [-0.3, -0.25) is 0 Å². The van der Waals surface area contributed by atoms with Gasteiger partial charge in [-0.15, -0.1) is 45.3 Å². The Kier molecular flexibility index (Phi) is 3.65. The molecule has 0 aliphatic heterocycles. The minimum atomic E-state index is 1.33. The van der Waals surface area contributed by atoms with E-state index in [9.17, 15) is 0 Å². The molecule has 0 unspecified atom stereocenters. The monoisotopic (exact) mass is 536 g/mol. The summed E-state index contributed by atoms with van der Waals surface area (Å²) in [5.41, 5.74) is 8.21. The zero-order valence-electron chi connectivity index (χ0n) is 20.1. The number of aromatic nitrogens is 2. The van der Waals surface area contributed by atoms with Crippen LogP contribution in [0.2, 0.25) is 0 Å². The Bertz CT molecular complexity index is 2240. The first-order valence-corrected chi connectivity index (χ1v) is 15.3. The lowest BCUT2D eigenvalue weighted by Crippen LogP contribution is -1.87. The van der Waals surface area contributed by atoms with E-state index in [0.29, 0.717) is 0 Å². The highest BCUT2D eigenvalue weighted by Crippen LogP contribution is 2.51. The van der Waals surface area contributed by atoms with Crippen LogP contribution < -0.4 is 0 Å². The molecule has 0 atom stereocenters. The maximum absolute atomic E-state index is 2.47. The Morgan fingerprint density at radius 1 is 0.444 bits per heavy atom. The molecule has 0 spiro atoms. The van der Waals surface area contributed by atoms with Gasteiger partial charge >= 0.3 is 0 Å².